The number of fused-ring (bicyclic) bond motifs is 1. The number of anilines is 1. The molecule has 1 aliphatic carbocycles. The molecule has 11 heteroatoms. The van der Waals surface area contributed by atoms with E-state index in [1.165, 1.54) is 24.3 Å². The summed E-state index contributed by atoms with van der Waals surface area (Å²) in [5.41, 5.74) is -2.09. The number of halogens is 4. The van der Waals surface area contributed by atoms with Gasteiger partial charge >= 0.3 is 15.5 Å². The average molecular weight is 509 g/mol. The first-order valence-electron chi connectivity index (χ1n) is 11.2. The van der Waals surface area contributed by atoms with Crippen LogP contribution in [0.1, 0.15) is 53.0 Å². The zero-order chi connectivity index (χ0) is 25.0. The Morgan fingerprint density at radius 2 is 1.77 bits per heavy atom. The molecule has 2 aliphatic rings. The quantitative estimate of drug-likeness (QED) is 0.484. The third-order valence-electron chi connectivity index (χ3n) is 6.54. The number of imidazole rings is 1. The van der Waals surface area contributed by atoms with Crippen molar-refractivity contribution in [3.63, 3.8) is 0 Å². The number of alkyl halides is 3. The van der Waals surface area contributed by atoms with Crippen LogP contribution in [0.4, 0.5) is 23.2 Å². The second-order valence-corrected chi connectivity index (χ2v) is 11.0. The molecule has 0 amide bonds. The molecular weight excluding hydrogens is 484 g/mol. The molecule has 6 nitrogen and oxygen atoms in total. The van der Waals surface area contributed by atoms with Gasteiger partial charge in [0.1, 0.15) is 11.6 Å². The lowest BCUT2D eigenvalue weighted by Crippen LogP contribution is -2.43. The maximum absolute atomic E-state index is 13.7. The van der Waals surface area contributed by atoms with E-state index in [4.69, 9.17) is 0 Å². The maximum Gasteiger partial charge on any atom is 0.511 e. The molecule has 0 spiro atoms. The van der Waals surface area contributed by atoms with Gasteiger partial charge in [0.05, 0.1) is 24.5 Å². The molecule has 1 fully saturated rings. The van der Waals surface area contributed by atoms with Gasteiger partial charge in [-0.25, -0.2) is 17.8 Å². The largest absolute Gasteiger partial charge is 0.511 e. The van der Waals surface area contributed by atoms with Gasteiger partial charge in [0.15, 0.2) is 0 Å². The van der Waals surface area contributed by atoms with Gasteiger partial charge < -0.3 is 9.88 Å². The Morgan fingerprint density at radius 1 is 1.09 bits per heavy atom. The molecule has 35 heavy (non-hydrogen) atoms. The second kappa shape index (κ2) is 8.63. The highest BCUT2D eigenvalue weighted by molar-refractivity contribution is 7.89. The van der Waals surface area contributed by atoms with Crippen LogP contribution in [0.25, 0.3) is 0 Å². The van der Waals surface area contributed by atoms with E-state index in [0.717, 1.165) is 24.1 Å². The summed E-state index contributed by atoms with van der Waals surface area (Å²) in [6.45, 7) is 1.18. The first-order valence-corrected chi connectivity index (χ1v) is 12.7. The number of nitrogens with zero attached hydrogens (tertiary/aromatic N) is 3. The Kier molecular flexibility index (Phi) is 5.87. The van der Waals surface area contributed by atoms with Crippen molar-refractivity contribution in [3.05, 3.63) is 82.7 Å². The molecule has 1 N–H and O–H groups in total. The van der Waals surface area contributed by atoms with Crippen molar-refractivity contribution in [3.8, 4) is 0 Å². The smallest absolute Gasteiger partial charge is 0.357 e. The number of nitrogens with one attached hydrogen (secondary N) is 1. The zero-order valence-corrected chi connectivity index (χ0v) is 19.7. The fourth-order valence-corrected chi connectivity index (χ4v) is 5.57. The number of hydrogen-bond acceptors (Lipinski definition) is 4. The standard InChI is InChI=1S/C24H24F4N4O2S/c1-15-29-11-21(30-15)13-32-22-9-6-18(16-2-3-16)10-19(22)12-31(35(33,34)24(26,27)28)14-23(32)17-4-7-20(25)8-5-17/h4-11,16,23H,2-3,12-14H2,1H3,(H,29,30)/t23-/m0/s1. The molecule has 1 aliphatic heterocycles. The number of H-pyrrole nitrogens is 1. The molecular formula is C24H24F4N4O2S. The van der Waals surface area contributed by atoms with E-state index in [1.54, 1.807) is 13.1 Å². The normalized spacial score (nSPS) is 19.5. The van der Waals surface area contributed by atoms with E-state index in [2.05, 4.69) is 9.97 Å². The zero-order valence-electron chi connectivity index (χ0n) is 18.9. The van der Waals surface area contributed by atoms with Gasteiger partial charge in [-0.1, -0.05) is 24.3 Å². The van der Waals surface area contributed by atoms with Crippen LogP contribution in [0.15, 0.2) is 48.7 Å². The Labute approximate surface area is 200 Å². The van der Waals surface area contributed by atoms with Crippen molar-refractivity contribution in [2.24, 2.45) is 0 Å². The van der Waals surface area contributed by atoms with Crippen LogP contribution in [0.3, 0.4) is 0 Å². The van der Waals surface area contributed by atoms with Gasteiger partial charge in [0.25, 0.3) is 0 Å². The number of hydrogen-bond donors (Lipinski definition) is 1. The van der Waals surface area contributed by atoms with Gasteiger partial charge in [0, 0.05) is 18.8 Å². The number of aromatic amines is 1. The number of sulfonamides is 1. The van der Waals surface area contributed by atoms with Crippen molar-refractivity contribution in [1.29, 1.82) is 0 Å². The van der Waals surface area contributed by atoms with E-state index in [1.807, 2.05) is 23.1 Å². The van der Waals surface area contributed by atoms with Crippen molar-refractivity contribution >= 4 is 15.7 Å². The Hall–Kier alpha value is -2.92. The van der Waals surface area contributed by atoms with Crippen LogP contribution in [0.5, 0.6) is 0 Å². The lowest BCUT2D eigenvalue weighted by molar-refractivity contribution is -0.0492. The minimum atomic E-state index is -5.61. The summed E-state index contributed by atoms with van der Waals surface area (Å²) < 4.78 is 80.4. The van der Waals surface area contributed by atoms with E-state index >= 15 is 0 Å². The number of benzene rings is 2. The molecule has 1 atom stereocenters. The molecule has 186 valence electrons. The van der Waals surface area contributed by atoms with Gasteiger partial charge in [-0.2, -0.15) is 17.5 Å². The molecule has 3 aromatic rings. The van der Waals surface area contributed by atoms with Crippen LogP contribution in [-0.4, -0.2) is 34.7 Å². The predicted octanol–water partition coefficient (Wildman–Crippen LogP) is 5.15. The summed E-state index contributed by atoms with van der Waals surface area (Å²) in [5, 5.41) is 0. The lowest BCUT2D eigenvalue weighted by atomic mass is 10.0. The summed E-state index contributed by atoms with van der Waals surface area (Å²) in [7, 11) is -5.61. The minimum Gasteiger partial charge on any atom is -0.357 e. The first kappa shape index (κ1) is 23.8. The van der Waals surface area contributed by atoms with Crippen LogP contribution < -0.4 is 4.90 Å². The Bertz CT molecular complexity index is 1330. The summed E-state index contributed by atoms with van der Waals surface area (Å²) in [6.07, 6.45) is 3.64. The lowest BCUT2D eigenvalue weighted by Gasteiger charge is -2.34. The van der Waals surface area contributed by atoms with Crippen LogP contribution in [-0.2, 0) is 23.1 Å². The Morgan fingerprint density at radius 3 is 2.37 bits per heavy atom. The highest BCUT2D eigenvalue weighted by Crippen LogP contribution is 2.44. The van der Waals surface area contributed by atoms with Gasteiger partial charge in [0.2, 0.25) is 0 Å². The molecule has 2 aromatic carbocycles. The number of aryl methyl sites for hydroxylation is 1. The fraction of sp³-hybridized carbons (Fsp3) is 0.375. The second-order valence-electron chi connectivity index (χ2n) is 9.09. The third-order valence-corrected chi connectivity index (χ3v) is 8.09. The SMILES string of the molecule is Cc1ncc(CN2c3ccc(C4CC4)cc3CN(S(=O)(=O)C(F)(F)F)C[C@H]2c2ccc(F)cc2)[nH]1. The van der Waals surface area contributed by atoms with Crippen molar-refractivity contribution in [2.75, 3.05) is 11.4 Å². The topological polar surface area (TPSA) is 69.3 Å². The van der Waals surface area contributed by atoms with Crippen LogP contribution in [0.2, 0.25) is 0 Å². The summed E-state index contributed by atoms with van der Waals surface area (Å²) in [6, 6.07) is 10.2. The summed E-state index contributed by atoms with van der Waals surface area (Å²) in [4.78, 5) is 9.23. The number of aromatic nitrogens is 2. The van der Waals surface area contributed by atoms with E-state index in [9.17, 15) is 26.0 Å². The highest BCUT2D eigenvalue weighted by Gasteiger charge is 2.51. The molecule has 0 unspecified atom stereocenters. The third kappa shape index (κ3) is 4.66. The predicted molar refractivity (Wildman–Crippen MR) is 122 cm³/mol. The molecule has 2 heterocycles. The monoisotopic (exact) mass is 508 g/mol. The van der Waals surface area contributed by atoms with Crippen LogP contribution >= 0.6 is 0 Å². The van der Waals surface area contributed by atoms with E-state index in [-0.39, 0.29) is 6.54 Å². The Balaban J connectivity index is 1.67. The van der Waals surface area contributed by atoms with Gasteiger partial charge in [-0.15, -0.1) is 0 Å². The van der Waals surface area contributed by atoms with Gasteiger partial charge in [-0.05, 0) is 60.6 Å². The highest BCUT2D eigenvalue weighted by atomic mass is 32.2. The van der Waals surface area contributed by atoms with E-state index < -0.39 is 40.5 Å². The molecule has 5 rings (SSSR count). The fourth-order valence-electron chi connectivity index (χ4n) is 4.63. The van der Waals surface area contributed by atoms with Crippen molar-refractivity contribution < 1.29 is 26.0 Å². The molecule has 0 saturated heterocycles. The number of rotatable bonds is 5. The molecule has 0 bridgehead atoms. The summed E-state index contributed by atoms with van der Waals surface area (Å²) >= 11 is 0. The van der Waals surface area contributed by atoms with Gasteiger partial charge in [-0.3, -0.25) is 0 Å². The van der Waals surface area contributed by atoms with Crippen LogP contribution in [0, 0.1) is 12.7 Å². The maximum atomic E-state index is 13.7. The van der Waals surface area contributed by atoms with Crippen molar-refractivity contribution in [1.82, 2.24) is 14.3 Å². The minimum absolute atomic E-state index is 0.249. The first-order chi connectivity index (χ1) is 16.5. The molecule has 0 radical (unpaired) electrons. The van der Waals surface area contributed by atoms with E-state index in [0.29, 0.717) is 32.9 Å². The molecule has 1 aromatic heterocycles. The summed E-state index contributed by atoms with van der Waals surface area (Å²) in [5.74, 6) is 0.527. The molecule has 1 saturated carbocycles. The average Bonchev–Trinajstić information content (AvgIpc) is 3.58. The van der Waals surface area contributed by atoms with Crippen molar-refractivity contribution in [2.45, 2.75) is 50.3 Å².